The molecule has 3 N–H and O–H groups in total. The van der Waals surface area contributed by atoms with Crippen molar-refractivity contribution in [3.05, 3.63) is 34.4 Å². The van der Waals surface area contributed by atoms with Crippen LogP contribution in [0.15, 0.2) is 12.1 Å². The summed E-state index contributed by atoms with van der Waals surface area (Å²) in [6.07, 6.45) is -3.61. The number of carbonyl (C=O) groups excluding carboxylic acids is 2. The molecule has 0 aromatic heterocycles. The molecule has 0 unspecified atom stereocenters. The van der Waals surface area contributed by atoms with E-state index in [1.54, 1.807) is 0 Å². The Morgan fingerprint density at radius 1 is 1.20 bits per heavy atom. The van der Waals surface area contributed by atoms with E-state index in [0.717, 1.165) is 12.1 Å². The molecule has 2 atom stereocenters. The number of rotatable bonds is 5. The van der Waals surface area contributed by atoms with Gasteiger partial charge in [0.1, 0.15) is 22.7 Å². The number of nitrogens with one attached hydrogen (secondary N) is 3. The second-order valence-electron chi connectivity index (χ2n) is 7.73. The van der Waals surface area contributed by atoms with Crippen molar-refractivity contribution in [2.45, 2.75) is 50.4 Å². The van der Waals surface area contributed by atoms with Gasteiger partial charge in [0.15, 0.2) is 0 Å². The van der Waals surface area contributed by atoms with Gasteiger partial charge in [0.2, 0.25) is 5.91 Å². The lowest BCUT2D eigenvalue weighted by atomic mass is 9.78. The molecular weight excluding hydrogens is 433 g/mol. The number of hydrogen-bond donors (Lipinski definition) is 3. The Balaban J connectivity index is 1.76. The quantitative estimate of drug-likeness (QED) is 0.461. The van der Waals surface area contributed by atoms with Crippen molar-refractivity contribution in [2.75, 3.05) is 6.54 Å². The largest absolute Gasteiger partial charge is 0.391 e. The monoisotopic (exact) mass is 453 g/mol. The van der Waals surface area contributed by atoms with Crippen LogP contribution in [0.5, 0.6) is 0 Å². The van der Waals surface area contributed by atoms with Gasteiger partial charge in [-0.15, -0.1) is 0 Å². The van der Waals surface area contributed by atoms with E-state index in [2.05, 4.69) is 16.0 Å². The summed E-state index contributed by atoms with van der Waals surface area (Å²) in [5.41, 5.74) is -0.0509. The highest BCUT2D eigenvalue weighted by molar-refractivity contribution is 6.31. The van der Waals surface area contributed by atoms with Crippen LogP contribution in [0.25, 0.3) is 0 Å². The van der Waals surface area contributed by atoms with Crippen molar-refractivity contribution in [2.24, 2.45) is 11.8 Å². The maximum absolute atomic E-state index is 14.6. The van der Waals surface area contributed by atoms with Crippen LogP contribution in [0.1, 0.15) is 43.7 Å². The summed E-state index contributed by atoms with van der Waals surface area (Å²) in [6.45, 7) is 0.0424. The van der Waals surface area contributed by atoms with E-state index in [4.69, 9.17) is 11.6 Å². The van der Waals surface area contributed by atoms with Gasteiger partial charge in [0.25, 0.3) is 0 Å². The summed E-state index contributed by atoms with van der Waals surface area (Å²) < 4.78 is 66.9. The smallest absolute Gasteiger partial charge is 0.347 e. The molecule has 1 aliphatic heterocycles. The molecule has 2 fully saturated rings. The fourth-order valence-corrected chi connectivity index (χ4v) is 4.19. The first kappa shape index (κ1) is 22.6. The van der Waals surface area contributed by atoms with Crippen LogP contribution in [0.2, 0.25) is 5.02 Å². The molecule has 3 amide bonds. The third kappa shape index (κ3) is 5.14. The molecule has 166 valence electrons. The van der Waals surface area contributed by atoms with Crippen LogP contribution in [0, 0.1) is 23.5 Å². The molecule has 3 rings (SSSR count). The van der Waals surface area contributed by atoms with Crippen molar-refractivity contribution >= 4 is 23.5 Å². The topological polar surface area (TPSA) is 70.2 Å². The van der Waals surface area contributed by atoms with Crippen LogP contribution in [0.4, 0.5) is 26.7 Å². The first-order valence-corrected chi connectivity index (χ1v) is 9.99. The van der Waals surface area contributed by atoms with Gasteiger partial charge < -0.3 is 16.0 Å². The van der Waals surface area contributed by atoms with E-state index >= 15 is 0 Å². The predicted octanol–water partition coefficient (Wildman–Crippen LogP) is 4.22. The number of benzene rings is 1. The summed E-state index contributed by atoms with van der Waals surface area (Å²) in [5.74, 6) is -4.12. The third-order valence-electron chi connectivity index (χ3n) is 5.72. The lowest BCUT2D eigenvalue weighted by Gasteiger charge is -2.32. The first-order valence-electron chi connectivity index (χ1n) is 9.61. The van der Waals surface area contributed by atoms with Crippen LogP contribution in [-0.4, -0.2) is 30.7 Å². The Morgan fingerprint density at radius 2 is 1.87 bits per heavy atom. The highest BCUT2D eigenvalue weighted by Crippen LogP contribution is 2.42. The first-order chi connectivity index (χ1) is 14.1. The van der Waals surface area contributed by atoms with E-state index < -0.39 is 52.8 Å². The van der Waals surface area contributed by atoms with E-state index in [1.165, 1.54) is 0 Å². The molecule has 1 aromatic carbocycles. The minimum Gasteiger partial charge on any atom is -0.347 e. The number of urea groups is 1. The zero-order valence-electron chi connectivity index (χ0n) is 15.8. The van der Waals surface area contributed by atoms with E-state index in [0.29, 0.717) is 0 Å². The summed E-state index contributed by atoms with van der Waals surface area (Å²) in [7, 11) is 0. The maximum atomic E-state index is 14.6. The van der Waals surface area contributed by atoms with Gasteiger partial charge in [-0.1, -0.05) is 17.7 Å². The minimum atomic E-state index is -4.25. The summed E-state index contributed by atoms with van der Waals surface area (Å²) >= 11 is 5.67. The lowest BCUT2D eigenvalue weighted by Crippen LogP contribution is -2.45. The molecule has 1 saturated carbocycles. The molecule has 1 aromatic rings. The van der Waals surface area contributed by atoms with E-state index in [-0.39, 0.29) is 50.1 Å². The lowest BCUT2D eigenvalue weighted by molar-refractivity contribution is -0.184. The zero-order valence-corrected chi connectivity index (χ0v) is 16.5. The molecule has 0 spiro atoms. The van der Waals surface area contributed by atoms with Crippen molar-refractivity contribution in [1.29, 1.82) is 0 Å². The predicted molar refractivity (Wildman–Crippen MR) is 98.7 cm³/mol. The Labute approximate surface area is 174 Å². The second-order valence-corrected chi connectivity index (χ2v) is 8.11. The maximum Gasteiger partial charge on any atom is 0.391 e. The van der Waals surface area contributed by atoms with Crippen LogP contribution < -0.4 is 16.0 Å². The Kier molecular flexibility index (Phi) is 6.74. The SMILES string of the molecule is O=C1NC[C@@H](C(=O)N[C@H](C[C@H]2CC[C@H](C(F)(F)F)CC2)c2ccc(F)c(Cl)c2F)N1. The number of hydrogen-bond acceptors (Lipinski definition) is 2. The third-order valence-corrected chi connectivity index (χ3v) is 6.07. The number of halogens is 6. The summed E-state index contributed by atoms with van der Waals surface area (Å²) in [6, 6.07) is -0.193. The molecule has 1 saturated heterocycles. The zero-order chi connectivity index (χ0) is 22.1. The number of carbonyl (C=O) groups is 2. The standard InChI is InChI=1S/C19H21ClF5N3O2/c20-15-12(21)6-5-11(16(15)22)13(27-17(29)14-8-26-18(30)28-14)7-9-1-3-10(4-2-9)19(23,24)25/h5-6,9-10,13-14H,1-4,7-8H2,(H,27,29)(H2,26,28,30)/t9-,10-,13-,14+/m1/s1. The van der Waals surface area contributed by atoms with Crippen LogP contribution in [-0.2, 0) is 4.79 Å². The second kappa shape index (κ2) is 8.95. The molecule has 0 bridgehead atoms. The van der Waals surface area contributed by atoms with Gasteiger partial charge in [-0.25, -0.2) is 13.6 Å². The van der Waals surface area contributed by atoms with Gasteiger partial charge in [-0.2, -0.15) is 13.2 Å². The van der Waals surface area contributed by atoms with Gasteiger partial charge in [0, 0.05) is 12.1 Å². The van der Waals surface area contributed by atoms with Gasteiger partial charge >= 0.3 is 12.2 Å². The van der Waals surface area contributed by atoms with Crippen LogP contribution in [0.3, 0.4) is 0 Å². The van der Waals surface area contributed by atoms with Gasteiger partial charge in [-0.3, -0.25) is 4.79 Å². The van der Waals surface area contributed by atoms with Gasteiger partial charge in [0.05, 0.1) is 12.0 Å². The number of alkyl halides is 3. The summed E-state index contributed by atoms with van der Waals surface area (Å²) in [4.78, 5) is 23.8. The van der Waals surface area contributed by atoms with Crippen LogP contribution >= 0.6 is 11.6 Å². The molecule has 11 heteroatoms. The fraction of sp³-hybridized carbons (Fsp3) is 0.579. The number of amides is 3. The summed E-state index contributed by atoms with van der Waals surface area (Å²) in [5, 5.41) is 6.75. The highest BCUT2D eigenvalue weighted by Gasteiger charge is 2.42. The average molecular weight is 454 g/mol. The molecule has 0 radical (unpaired) electrons. The van der Waals surface area contributed by atoms with E-state index in [1.807, 2.05) is 0 Å². The molecular formula is C19H21ClF5N3O2. The van der Waals surface area contributed by atoms with Gasteiger partial charge in [-0.05, 0) is 44.1 Å². The van der Waals surface area contributed by atoms with E-state index in [9.17, 15) is 31.5 Å². The molecule has 1 aliphatic carbocycles. The minimum absolute atomic E-state index is 0.0376. The fourth-order valence-electron chi connectivity index (χ4n) is 4.02. The Hall–Kier alpha value is -2.10. The highest BCUT2D eigenvalue weighted by atomic mass is 35.5. The Bertz CT molecular complexity index is 812. The average Bonchev–Trinajstić information content (AvgIpc) is 3.12. The van der Waals surface area contributed by atoms with Crippen molar-refractivity contribution in [3.8, 4) is 0 Å². The molecule has 2 aliphatic rings. The van der Waals surface area contributed by atoms with Crippen molar-refractivity contribution < 1.29 is 31.5 Å². The molecule has 5 nitrogen and oxygen atoms in total. The molecule has 1 heterocycles. The Morgan fingerprint density at radius 3 is 2.43 bits per heavy atom. The normalized spacial score (nSPS) is 25.4. The molecule has 30 heavy (non-hydrogen) atoms. The van der Waals surface area contributed by atoms with Crippen molar-refractivity contribution in [3.63, 3.8) is 0 Å². The van der Waals surface area contributed by atoms with Crippen molar-refractivity contribution in [1.82, 2.24) is 16.0 Å².